The van der Waals surface area contributed by atoms with E-state index >= 15 is 0 Å². The third kappa shape index (κ3) is 1.48. The van der Waals surface area contributed by atoms with E-state index in [-0.39, 0.29) is 18.0 Å². The third-order valence-corrected chi connectivity index (χ3v) is 3.61. The molecule has 3 rings (SSSR count). The Hall–Kier alpha value is -1.67. The van der Waals surface area contributed by atoms with Gasteiger partial charge >= 0.3 is 0 Å². The number of benzene rings is 2. The van der Waals surface area contributed by atoms with Gasteiger partial charge in [-0.15, -0.1) is 11.6 Å². The van der Waals surface area contributed by atoms with Crippen LogP contribution in [0.5, 0.6) is 0 Å². The molecule has 0 radical (unpaired) electrons. The van der Waals surface area contributed by atoms with Gasteiger partial charge in [0, 0.05) is 12.0 Å². The highest BCUT2D eigenvalue weighted by molar-refractivity contribution is 6.46. The van der Waals surface area contributed by atoms with Crippen LogP contribution < -0.4 is 0 Å². The predicted octanol–water partition coefficient (Wildman–Crippen LogP) is 2.76. The minimum Gasteiger partial charge on any atom is -0.297 e. The zero-order valence-electron chi connectivity index (χ0n) is 8.94. The normalized spacial score (nSPS) is 19.5. The number of alkyl halides is 1. The quantitative estimate of drug-likeness (QED) is 0.528. The molecule has 1 unspecified atom stereocenters. The van der Waals surface area contributed by atoms with Crippen LogP contribution in [-0.4, -0.2) is 16.9 Å². The first-order valence-corrected chi connectivity index (χ1v) is 5.84. The first-order chi connectivity index (χ1) is 8.18. The SMILES string of the molecule is O=C1Cc2c(ccc3ccccc23)C(=O)C1Cl. The summed E-state index contributed by atoms with van der Waals surface area (Å²) in [6.07, 6.45) is 0.247. The van der Waals surface area contributed by atoms with Gasteiger partial charge in [-0.3, -0.25) is 9.59 Å². The largest absolute Gasteiger partial charge is 0.297 e. The number of fused-ring (bicyclic) bond motifs is 3. The van der Waals surface area contributed by atoms with Gasteiger partial charge in [0.25, 0.3) is 0 Å². The molecule has 0 bridgehead atoms. The Morgan fingerprint density at radius 2 is 1.82 bits per heavy atom. The van der Waals surface area contributed by atoms with Crippen LogP contribution in [0.3, 0.4) is 0 Å². The van der Waals surface area contributed by atoms with Gasteiger partial charge < -0.3 is 0 Å². The van der Waals surface area contributed by atoms with Crippen LogP contribution in [0.1, 0.15) is 15.9 Å². The standard InChI is InChI=1S/C14H9ClO2/c15-13-12(16)7-11-9-4-2-1-3-8(9)5-6-10(11)14(13)17/h1-6,13H,7H2. The Labute approximate surface area is 103 Å². The molecule has 0 aromatic heterocycles. The van der Waals surface area contributed by atoms with Crippen LogP contribution in [0.2, 0.25) is 0 Å². The van der Waals surface area contributed by atoms with E-state index in [4.69, 9.17) is 11.6 Å². The maximum atomic E-state index is 11.9. The van der Waals surface area contributed by atoms with Gasteiger partial charge in [0.1, 0.15) is 0 Å². The van der Waals surface area contributed by atoms with E-state index in [0.29, 0.717) is 5.56 Å². The van der Waals surface area contributed by atoms with Gasteiger partial charge in [0.2, 0.25) is 0 Å². The Balaban J connectivity index is 2.34. The summed E-state index contributed by atoms with van der Waals surface area (Å²) in [5.74, 6) is -0.482. The van der Waals surface area contributed by atoms with Crippen molar-refractivity contribution in [2.24, 2.45) is 0 Å². The van der Waals surface area contributed by atoms with Gasteiger partial charge in [-0.1, -0.05) is 36.4 Å². The number of carbonyl (C=O) groups excluding carboxylic acids is 2. The Morgan fingerprint density at radius 1 is 1.06 bits per heavy atom. The molecule has 0 heterocycles. The molecular formula is C14H9ClO2. The van der Waals surface area contributed by atoms with Gasteiger partial charge in [-0.2, -0.15) is 0 Å². The van der Waals surface area contributed by atoms with Crippen molar-refractivity contribution < 1.29 is 9.59 Å². The molecule has 2 nitrogen and oxygen atoms in total. The van der Waals surface area contributed by atoms with Crippen molar-refractivity contribution >= 4 is 33.9 Å². The summed E-state index contributed by atoms with van der Waals surface area (Å²) in [5, 5.41) is 0.999. The molecule has 1 aliphatic rings. The van der Waals surface area contributed by atoms with E-state index in [9.17, 15) is 9.59 Å². The fourth-order valence-corrected chi connectivity index (χ4v) is 2.50. The summed E-state index contributed by atoms with van der Waals surface area (Å²) in [6, 6.07) is 11.4. The fourth-order valence-electron chi connectivity index (χ4n) is 2.30. The highest BCUT2D eigenvalue weighted by atomic mass is 35.5. The maximum absolute atomic E-state index is 11.9. The molecule has 0 fully saturated rings. The van der Waals surface area contributed by atoms with Crippen LogP contribution in [0.25, 0.3) is 10.8 Å². The number of hydrogen-bond acceptors (Lipinski definition) is 2. The van der Waals surface area contributed by atoms with E-state index in [2.05, 4.69) is 0 Å². The van der Waals surface area contributed by atoms with Crippen molar-refractivity contribution in [3.05, 3.63) is 47.5 Å². The summed E-state index contributed by atoms with van der Waals surface area (Å²) in [4.78, 5) is 23.6. The van der Waals surface area contributed by atoms with Gasteiger partial charge in [-0.25, -0.2) is 0 Å². The average Bonchev–Trinajstić information content (AvgIpc) is 2.36. The number of ketones is 2. The summed E-state index contributed by atoms with van der Waals surface area (Å²) >= 11 is 5.80. The average molecular weight is 245 g/mol. The smallest absolute Gasteiger partial charge is 0.188 e. The molecule has 84 valence electrons. The molecule has 0 saturated heterocycles. The number of carbonyl (C=O) groups is 2. The Morgan fingerprint density at radius 3 is 2.65 bits per heavy atom. The van der Waals surface area contributed by atoms with Gasteiger partial charge in [0.15, 0.2) is 16.9 Å². The lowest BCUT2D eigenvalue weighted by molar-refractivity contribution is -0.117. The second kappa shape index (κ2) is 3.67. The number of Topliss-reactive ketones (excluding diaryl/α,β-unsaturated/α-hetero) is 2. The van der Waals surface area contributed by atoms with Crippen molar-refractivity contribution in [2.75, 3.05) is 0 Å². The number of hydrogen-bond donors (Lipinski definition) is 0. The molecule has 3 heteroatoms. The molecule has 1 aliphatic carbocycles. The van der Waals surface area contributed by atoms with Crippen molar-refractivity contribution in [2.45, 2.75) is 11.8 Å². The lowest BCUT2D eigenvalue weighted by Crippen LogP contribution is -2.32. The predicted molar refractivity (Wildman–Crippen MR) is 66.6 cm³/mol. The number of rotatable bonds is 0. The third-order valence-electron chi connectivity index (χ3n) is 3.17. The molecule has 2 aromatic rings. The maximum Gasteiger partial charge on any atom is 0.188 e. The zero-order chi connectivity index (χ0) is 12.0. The molecule has 0 saturated carbocycles. The van der Waals surface area contributed by atoms with Crippen LogP contribution in [0, 0.1) is 0 Å². The second-order valence-electron chi connectivity index (χ2n) is 4.18. The lowest BCUT2D eigenvalue weighted by atomic mass is 9.86. The second-order valence-corrected chi connectivity index (χ2v) is 4.62. The van der Waals surface area contributed by atoms with E-state index in [1.165, 1.54) is 0 Å². The molecular weight excluding hydrogens is 236 g/mol. The van der Waals surface area contributed by atoms with E-state index < -0.39 is 5.38 Å². The topological polar surface area (TPSA) is 34.1 Å². The summed E-state index contributed by atoms with van der Waals surface area (Å²) in [6.45, 7) is 0. The van der Waals surface area contributed by atoms with Crippen LogP contribution >= 0.6 is 11.6 Å². The Kier molecular flexibility index (Phi) is 2.26. The van der Waals surface area contributed by atoms with Crippen LogP contribution in [0.15, 0.2) is 36.4 Å². The first-order valence-electron chi connectivity index (χ1n) is 5.40. The minimum absolute atomic E-state index is 0.208. The molecule has 0 amide bonds. The fraction of sp³-hybridized carbons (Fsp3) is 0.143. The lowest BCUT2D eigenvalue weighted by Gasteiger charge is -2.19. The highest BCUT2D eigenvalue weighted by Gasteiger charge is 2.33. The summed E-state index contributed by atoms with van der Waals surface area (Å²) < 4.78 is 0. The highest BCUT2D eigenvalue weighted by Crippen LogP contribution is 2.29. The molecule has 0 aliphatic heterocycles. The summed E-state index contributed by atoms with van der Waals surface area (Å²) in [7, 11) is 0. The molecule has 0 N–H and O–H groups in total. The molecule has 0 spiro atoms. The first kappa shape index (κ1) is 10.5. The van der Waals surface area contributed by atoms with Crippen molar-refractivity contribution in [3.63, 3.8) is 0 Å². The van der Waals surface area contributed by atoms with Gasteiger partial charge in [-0.05, 0) is 16.3 Å². The van der Waals surface area contributed by atoms with E-state index in [0.717, 1.165) is 16.3 Å². The van der Waals surface area contributed by atoms with E-state index in [1.54, 1.807) is 6.07 Å². The van der Waals surface area contributed by atoms with Crippen molar-refractivity contribution in [1.29, 1.82) is 0 Å². The van der Waals surface area contributed by atoms with Crippen LogP contribution in [0.4, 0.5) is 0 Å². The molecule has 1 atom stereocenters. The van der Waals surface area contributed by atoms with Crippen molar-refractivity contribution in [3.8, 4) is 0 Å². The van der Waals surface area contributed by atoms with Gasteiger partial charge in [0.05, 0.1) is 0 Å². The molecule has 17 heavy (non-hydrogen) atoms. The van der Waals surface area contributed by atoms with Crippen LogP contribution in [-0.2, 0) is 11.2 Å². The zero-order valence-corrected chi connectivity index (χ0v) is 9.70. The Bertz CT molecular complexity index is 646. The monoisotopic (exact) mass is 244 g/mol. The van der Waals surface area contributed by atoms with Crippen molar-refractivity contribution in [1.82, 2.24) is 0 Å². The van der Waals surface area contributed by atoms with E-state index in [1.807, 2.05) is 30.3 Å². The minimum atomic E-state index is -1.01. The summed E-state index contributed by atoms with van der Waals surface area (Å²) in [5.41, 5.74) is 1.40. The molecule has 2 aromatic carbocycles. The number of halogens is 1.